The molecule has 0 atom stereocenters. The Morgan fingerprint density at radius 2 is 1.97 bits per heavy atom. The van der Waals surface area contributed by atoms with Crippen LogP contribution >= 0.6 is 11.6 Å². The van der Waals surface area contributed by atoms with Crippen molar-refractivity contribution in [2.24, 2.45) is 0 Å². The van der Waals surface area contributed by atoms with Crippen molar-refractivity contribution in [2.75, 3.05) is 12.4 Å². The zero-order chi connectivity index (χ0) is 21.5. The number of aryl methyl sites for hydroxylation is 2. The van der Waals surface area contributed by atoms with E-state index >= 15 is 0 Å². The number of hydrogen-bond donors (Lipinski definition) is 2. The Morgan fingerprint density at radius 3 is 2.60 bits per heavy atom. The summed E-state index contributed by atoms with van der Waals surface area (Å²) >= 11 is 6.26. The number of hydrogen-bond acceptors (Lipinski definition) is 4. The molecule has 2 heterocycles. The third-order valence-electron chi connectivity index (χ3n) is 5.59. The summed E-state index contributed by atoms with van der Waals surface area (Å²) in [6, 6.07) is 10.9. The fraction of sp³-hybridized carbons (Fsp3) is 0.261. The van der Waals surface area contributed by atoms with Crippen LogP contribution in [-0.2, 0) is 10.2 Å². The van der Waals surface area contributed by atoms with E-state index in [4.69, 9.17) is 16.3 Å². The van der Waals surface area contributed by atoms with E-state index < -0.39 is 5.41 Å². The summed E-state index contributed by atoms with van der Waals surface area (Å²) in [5.41, 5.74) is 3.20. The minimum Gasteiger partial charge on any atom is -0.495 e. The highest BCUT2D eigenvalue weighted by atomic mass is 35.5. The summed E-state index contributed by atoms with van der Waals surface area (Å²) in [5.74, 6) is 0.941. The summed E-state index contributed by atoms with van der Waals surface area (Å²) in [5, 5.41) is 3.44. The number of pyridine rings is 2. The number of halogens is 1. The Balaban J connectivity index is 0.00000272. The van der Waals surface area contributed by atoms with Crippen LogP contribution in [0.15, 0.2) is 47.4 Å². The maximum Gasteiger partial charge on any atom is 0.250 e. The molecule has 0 saturated heterocycles. The molecule has 0 unspecified atom stereocenters. The molecule has 30 heavy (non-hydrogen) atoms. The first kappa shape index (κ1) is 20.2. The van der Waals surface area contributed by atoms with E-state index in [2.05, 4.69) is 15.3 Å². The topological polar surface area (TPSA) is 84.1 Å². The van der Waals surface area contributed by atoms with E-state index in [1.165, 1.54) is 0 Å². The van der Waals surface area contributed by atoms with E-state index in [1.54, 1.807) is 44.5 Å². The fourth-order valence-corrected chi connectivity index (χ4v) is 3.85. The normalized spacial score (nSPS) is 14.3. The van der Waals surface area contributed by atoms with Gasteiger partial charge in [0, 0.05) is 18.8 Å². The molecule has 1 aliphatic carbocycles. The van der Waals surface area contributed by atoms with Gasteiger partial charge in [-0.15, -0.1) is 0 Å². The van der Waals surface area contributed by atoms with Gasteiger partial charge in [0.25, 0.3) is 5.56 Å². The van der Waals surface area contributed by atoms with Crippen LogP contribution in [0.5, 0.6) is 5.75 Å². The largest absolute Gasteiger partial charge is 0.495 e. The predicted molar refractivity (Wildman–Crippen MR) is 119 cm³/mol. The minimum atomic E-state index is -0.600. The lowest BCUT2D eigenvalue weighted by Gasteiger charge is -2.17. The van der Waals surface area contributed by atoms with Crippen molar-refractivity contribution in [1.29, 1.82) is 0 Å². The Labute approximate surface area is 180 Å². The number of aromatic nitrogens is 2. The number of carbonyl (C=O) groups excluding carboxylic acids is 1. The molecule has 0 spiro atoms. The fourth-order valence-electron chi connectivity index (χ4n) is 3.60. The van der Waals surface area contributed by atoms with Crippen molar-refractivity contribution in [3.05, 3.63) is 74.7 Å². The molecule has 1 saturated carbocycles. The van der Waals surface area contributed by atoms with E-state index in [0.29, 0.717) is 27.8 Å². The second kappa shape index (κ2) is 7.61. The van der Waals surface area contributed by atoms with Crippen LogP contribution in [0, 0.1) is 13.8 Å². The number of nitrogens with one attached hydrogen (secondary N) is 2. The lowest BCUT2D eigenvalue weighted by atomic mass is 9.95. The van der Waals surface area contributed by atoms with Gasteiger partial charge in [0.2, 0.25) is 5.91 Å². The van der Waals surface area contributed by atoms with Gasteiger partial charge < -0.3 is 15.0 Å². The summed E-state index contributed by atoms with van der Waals surface area (Å²) in [6.45, 7) is 3.69. The number of rotatable bonds is 5. The molecule has 6 nitrogen and oxygen atoms in total. The molecule has 156 valence electrons. The molecule has 1 aromatic carbocycles. The molecular weight excluding hydrogens is 402 g/mol. The van der Waals surface area contributed by atoms with Crippen LogP contribution in [0.3, 0.4) is 0 Å². The second-order valence-corrected chi connectivity index (χ2v) is 8.06. The molecule has 1 aliphatic rings. The Kier molecular flexibility index (Phi) is 5.12. The summed E-state index contributed by atoms with van der Waals surface area (Å²) < 4.78 is 5.21. The van der Waals surface area contributed by atoms with E-state index in [0.717, 1.165) is 29.5 Å². The first-order valence-electron chi connectivity index (χ1n) is 9.67. The zero-order valence-corrected chi connectivity index (χ0v) is 17.8. The quantitative estimate of drug-likeness (QED) is 0.624. The number of H-pyrrole nitrogens is 1. The maximum atomic E-state index is 13.1. The van der Waals surface area contributed by atoms with Crippen molar-refractivity contribution in [2.45, 2.75) is 32.1 Å². The molecule has 4 rings (SSSR count). The lowest BCUT2D eigenvalue weighted by Crippen LogP contribution is -2.28. The van der Waals surface area contributed by atoms with Gasteiger partial charge in [-0.25, -0.2) is 4.98 Å². The lowest BCUT2D eigenvalue weighted by molar-refractivity contribution is -0.118. The number of aromatic amines is 1. The smallest absolute Gasteiger partial charge is 0.250 e. The zero-order valence-electron chi connectivity index (χ0n) is 17.0. The summed E-state index contributed by atoms with van der Waals surface area (Å²) in [4.78, 5) is 32.1. The van der Waals surface area contributed by atoms with Crippen LogP contribution in [-0.4, -0.2) is 23.0 Å². The SMILES string of the molecule is COc1ccc(C2(C(=O)Nc3ccc(C)c(-c4c[nH]c(=O)c(C)c4)n3)CC2)cc1Cl.[HH]. The molecule has 0 radical (unpaired) electrons. The molecule has 2 aromatic heterocycles. The minimum absolute atomic E-state index is 0. The third kappa shape index (κ3) is 3.59. The number of methoxy groups -OCH3 is 1. The average molecular weight is 426 g/mol. The number of anilines is 1. The molecule has 3 aromatic rings. The van der Waals surface area contributed by atoms with E-state index in [-0.39, 0.29) is 12.9 Å². The number of carbonyl (C=O) groups is 1. The molecule has 2 N–H and O–H groups in total. The highest BCUT2D eigenvalue weighted by molar-refractivity contribution is 6.32. The van der Waals surface area contributed by atoms with Crippen LogP contribution < -0.4 is 15.6 Å². The number of benzene rings is 1. The maximum absolute atomic E-state index is 13.1. The van der Waals surface area contributed by atoms with Gasteiger partial charge in [0.15, 0.2) is 0 Å². The van der Waals surface area contributed by atoms with Crippen LogP contribution in [0.2, 0.25) is 5.02 Å². The summed E-state index contributed by atoms with van der Waals surface area (Å²) in [6.07, 6.45) is 3.14. The molecule has 1 amide bonds. The Morgan fingerprint density at radius 1 is 1.20 bits per heavy atom. The van der Waals surface area contributed by atoms with Gasteiger partial charge in [-0.05, 0) is 62.1 Å². The summed E-state index contributed by atoms with van der Waals surface area (Å²) in [7, 11) is 1.56. The van der Waals surface area contributed by atoms with Crippen molar-refractivity contribution >= 4 is 23.3 Å². The van der Waals surface area contributed by atoms with Gasteiger partial charge in [-0.3, -0.25) is 9.59 Å². The van der Waals surface area contributed by atoms with Crippen molar-refractivity contribution < 1.29 is 11.0 Å². The second-order valence-electron chi connectivity index (χ2n) is 7.65. The van der Waals surface area contributed by atoms with Gasteiger partial charge in [-0.1, -0.05) is 23.7 Å². The molecule has 0 aliphatic heterocycles. The molecular formula is C23H24ClN3O3. The monoisotopic (exact) mass is 425 g/mol. The first-order valence-corrected chi connectivity index (χ1v) is 10.0. The van der Waals surface area contributed by atoms with Crippen molar-refractivity contribution in [1.82, 2.24) is 9.97 Å². The van der Waals surface area contributed by atoms with Crippen molar-refractivity contribution in [3.8, 4) is 17.0 Å². The third-order valence-corrected chi connectivity index (χ3v) is 5.89. The Bertz CT molecular complexity index is 1200. The van der Waals surface area contributed by atoms with E-state index in [9.17, 15) is 9.59 Å². The van der Waals surface area contributed by atoms with Gasteiger partial charge in [-0.2, -0.15) is 0 Å². The molecule has 1 fully saturated rings. The van der Waals surface area contributed by atoms with Gasteiger partial charge in [0.1, 0.15) is 11.6 Å². The molecule has 7 heteroatoms. The molecule has 0 bridgehead atoms. The predicted octanol–water partition coefficient (Wildman–Crippen LogP) is 4.63. The van der Waals surface area contributed by atoms with Gasteiger partial charge in [0.05, 0.1) is 23.2 Å². The van der Waals surface area contributed by atoms with Crippen LogP contribution in [0.25, 0.3) is 11.3 Å². The van der Waals surface area contributed by atoms with E-state index in [1.807, 2.05) is 19.1 Å². The van der Waals surface area contributed by atoms with Crippen LogP contribution in [0.4, 0.5) is 5.82 Å². The van der Waals surface area contributed by atoms with Crippen LogP contribution in [0.1, 0.15) is 31.0 Å². The standard InChI is InChI=1S/C23H22ClN3O3.H2/c1-13-4-7-19(26-20(13)15-10-14(2)21(28)25-12-15)27-22(29)23(8-9-23)16-5-6-18(30-3)17(24)11-16;/h4-7,10-12H,8-9H2,1-3H3,(H,25,28)(H,26,27,29);1H. The number of amides is 1. The first-order chi connectivity index (χ1) is 14.3. The average Bonchev–Trinajstić information content (AvgIpc) is 3.53. The van der Waals surface area contributed by atoms with Crippen molar-refractivity contribution in [3.63, 3.8) is 0 Å². The van der Waals surface area contributed by atoms with Gasteiger partial charge >= 0.3 is 0 Å². The number of ether oxygens (including phenoxy) is 1. The Hall–Kier alpha value is -3.12. The highest BCUT2D eigenvalue weighted by Gasteiger charge is 2.51. The highest BCUT2D eigenvalue weighted by Crippen LogP contribution is 2.50. The number of nitrogens with zero attached hydrogens (tertiary/aromatic N) is 1.